The van der Waals surface area contributed by atoms with Crippen LogP contribution in [0.1, 0.15) is 38.3 Å². The first kappa shape index (κ1) is 22.0. The largest absolute Gasteiger partial charge is 0.492 e. The fourth-order valence-corrected chi connectivity index (χ4v) is 2.84. The van der Waals surface area contributed by atoms with Crippen molar-refractivity contribution in [2.75, 3.05) is 6.61 Å². The first-order chi connectivity index (χ1) is 13.1. The van der Waals surface area contributed by atoms with Crippen LogP contribution in [-0.4, -0.2) is 15.7 Å². The molecule has 0 saturated carbocycles. The molecule has 0 aliphatic carbocycles. The highest BCUT2D eigenvalue weighted by atomic mass is 35.5. The minimum atomic E-state index is -4.91. The number of alkyl halides is 3. The summed E-state index contributed by atoms with van der Waals surface area (Å²) in [5, 5.41) is -0.0754. The fraction of sp³-hybridized carbons (Fsp3) is 0.444. The number of halogens is 5. The van der Waals surface area contributed by atoms with Crippen LogP contribution in [-0.2, 0) is 13.2 Å². The number of rotatable bonds is 7. The minimum absolute atomic E-state index is 0.0309. The Morgan fingerprint density at radius 1 is 1.11 bits per heavy atom. The fourth-order valence-electron chi connectivity index (χ4n) is 2.63. The molecule has 1 heterocycles. The molecule has 0 aliphatic heterocycles. The highest BCUT2D eigenvalue weighted by molar-refractivity contribution is 6.32. The van der Waals surface area contributed by atoms with Gasteiger partial charge in [0, 0.05) is 19.2 Å². The number of aromatic nitrogens is 2. The summed E-state index contributed by atoms with van der Waals surface area (Å²) in [6.45, 7) is 2.33. The molecule has 0 N–H and O–H groups in total. The molecule has 5 nitrogen and oxygen atoms in total. The average molecular weight is 423 g/mol. The number of hydrogen-bond acceptors (Lipinski definition) is 3. The molecule has 0 spiro atoms. The van der Waals surface area contributed by atoms with Crippen LogP contribution in [0.3, 0.4) is 0 Å². The molecule has 2 rings (SSSR count). The van der Waals surface area contributed by atoms with E-state index in [2.05, 4.69) is 0 Å². The molecule has 1 aromatic carbocycles. The van der Waals surface area contributed by atoms with Crippen LogP contribution in [0.2, 0.25) is 5.02 Å². The van der Waals surface area contributed by atoms with E-state index in [-0.39, 0.29) is 28.0 Å². The Morgan fingerprint density at radius 2 is 1.79 bits per heavy atom. The molecule has 0 unspecified atom stereocenters. The first-order valence-corrected chi connectivity index (χ1v) is 8.98. The molecule has 0 bridgehead atoms. The summed E-state index contributed by atoms with van der Waals surface area (Å²) in [6.07, 6.45) is -1.22. The Bertz CT molecular complexity index is 967. The Balaban J connectivity index is 2.48. The lowest BCUT2D eigenvalue weighted by molar-refractivity contribution is -0.144. The van der Waals surface area contributed by atoms with Gasteiger partial charge in [-0.2, -0.15) is 13.2 Å². The Morgan fingerprint density at radius 3 is 2.39 bits per heavy atom. The van der Waals surface area contributed by atoms with Crippen LogP contribution >= 0.6 is 11.6 Å². The van der Waals surface area contributed by atoms with Gasteiger partial charge in [0.15, 0.2) is 0 Å². The highest BCUT2D eigenvalue weighted by Gasteiger charge is 2.35. The third-order valence-corrected chi connectivity index (χ3v) is 4.40. The second kappa shape index (κ2) is 8.81. The summed E-state index contributed by atoms with van der Waals surface area (Å²) in [4.78, 5) is 24.5. The summed E-state index contributed by atoms with van der Waals surface area (Å²) >= 11 is 5.94. The monoisotopic (exact) mass is 422 g/mol. The van der Waals surface area contributed by atoms with E-state index in [1.165, 1.54) is 0 Å². The summed E-state index contributed by atoms with van der Waals surface area (Å²) in [5.74, 6) is -1.01. The van der Waals surface area contributed by atoms with Crippen molar-refractivity contribution in [2.24, 2.45) is 7.05 Å². The summed E-state index contributed by atoms with van der Waals surface area (Å²) in [6, 6.07) is 2.12. The normalized spacial score (nSPS) is 11.7. The number of hydrogen-bond donors (Lipinski definition) is 0. The lowest BCUT2D eigenvalue weighted by atomic mass is 10.2. The van der Waals surface area contributed by atoms with Crippen LogP contribution in [0, 0.1) is 5.82 Å². The predicted molar refractivity (Wildman–Crippen MR) is 96.9 cm³/mol. The van der Waals surface area contributed by atoms with Crippen molar-refractivity contribution in [1.82, 2.24) is 9.13 Å². The summed E-state index contributed by atoms with van der Waals surface area (Å²) in [7, 11) is 0.847. The smallest absolute Gasteiger partial charge is 0.431 e. The molecule has 154 valence electrons. The van der Waals surface area contributed by atoms with Crippen molar-refractivity contribution in [3.8, 4) is 11.4 Å². The Kier molecular flexibility index (Phi) is 6.92. The van der Waals surface area contributed by atoms with Crippen molar-refractivity contribution in [1.29, 1.82) is 0 Å². The molecular weight excluding hydrogens is 404 g/mol. The van der Waals surface area contributed by atoms with Gasteiger partial charge in [-0.25, -0.2) is 13.8 Å². The molecule has 0 amide bonds. The number of nitrogens with zero attached hydrogens (tertiary/aromatic N) is 2. The van der Waals surface area contributed by atoms with Gasteiger partial charge in [0.1, 0.15) is 17.3 Å². The lowest BCUT2D eigenvalue weighted by Gasteiger charge is -2.15. The Hall–Kier alpha value is -2.29. The third-order valence-electron chi connectivity index (χ3n) is 4.11. The molecule has 0 aliphatic rings. The van der Waals surface area contributed by atoms with E-state index >= 15 is 0 Å². The van der Waals surface area contributed by atoms with Gasteiger partial charge < -0.3 is 4.74 Å². The zero-order valence-electron chi connectivity index (χ0n) is 15.3. The molecule has 2 aromatic rings. The molecule has 28 heavy (non-hydrogen) atoms. The van der Waals surface area contributed by atoms with Gasteiger partial charge in [-0.15, -0.1) is 0 Å². The van der Waals surface area contributed by atoms with Crippen molar-refractivity contribution >= 4 is 11.6 Å². The van der Waals surface area contributed by atoms with Crippen LogP contribution < -0.4 is 16.0 Å². The molecule has 0 saturated heterocycles. The van der Waals surface area contributed by atoms with Gasteiger partial charge in [-0.3, -0.25) is 9.36 Å². The van der Waals surface area contributed by atoms with Crippen LogP contribution in [0.5, 0.6) is 5.75 Å². The van der Waals surface area contributed by atoms with Crippen molar-refractivity contribution in [3.63, 3.8) is 0 Å². The zero-order valence-corrected chi connectivity index (χ0v) is 16.0. The topological polar surface area (TPSA) is 53.2 Å². The van der Waals surface area contributed by atoms with Gasteiger partial charge >= 0.3 is 11.9 Å². The minimum Gasteiger partial charge on any atom is -0.492 e. The van der Waals surface area contributed by atoms with Crippen LogP contribution in [0.4, 0.5) is 17.6 Å². The number of unbranched alkanes of at least 4 members (excludes halogenated alkanes) is 3. The Labute approximate surface area is 163 Å². The lowest BCUT2D eigenvalue weighted by Crippen LogP contribution is -2.41. The van der Waals surface area contributed by atoms with Gasteiger partial charge in [0.2, 0.25) is 0 Å². The van der Waals surface area contributed by atoms with Crippen molar-refractivity contribution in [2.45, 2.75) is 38.8 Å². The SMILES string of the molecule is CCCCCCOc1cc(-n2c(=O)cc(C(F)(F)F)n(C)c2=O)c(F)cc1Cl. The average Bonchev–Trinajstić information content (AvgIpc) is 2.60. The second-order valence-electron chi connectivity index (χ2n) is 6.19. The second-order valence-corrected chi connectivity index (χ2v) is 6.59. The number of benzene rings is 1. The highest BCUT2D eigenvalue weighted by Crippen LogP contribution is 2.30. The number of ether oxygens (including phenoxy) is 1. The molecule has 0 atom stereocenters. The molecule has 0 radical (unpaired) electrons. The van der Waals surface area contributed by atoms with E-state index in [9.17, 15) is 27.2 Å². The van der Waals surface area contributed by atoms with E-state index in [4.69, 9.17) is 16.3 Å². The third kappa shape index (κ3) is 4.76. The van der Waals surface area contributed by atoms with Crippen LogP contribution in [0.15, 0.2) is 27.8 Å². The van der Waals surface area contributed by atoms with E-state index in [1.54, 1.807) is 0 Å². The van der Waals surface area contributed by atoms with E-state index in [0.717, 1.165) is 44.9 Å². The maximum Gasteiger partial charge on any atom is 0.431 e. The predicted octanol–water partition coefficient (Wildman–Crippen LogP) is 4.31. The van der Waals surface area contributed by atoms with Crippen molar-refractivity contribution in [3.05, 3.63) is 55.6 Å². The standard InChI is InChI=1S/C18H19ClF4N2O3/c1-3-4-5-6-7-28-14-9-13(12(20)8-11(14)19)25-16(26)10-15(18(21,22)23)24(2)17(25)27/h8-10H,3-7H2,1-2H3. The van der Waals surface area contributed by atoms with Gasteiger partial charge in [0.25, 0.3) is 5.56 Å². The molecule has 1 aromatic heterocycles. The van der Waals surface area contributed by atoms with Gasteiger partial charge in [-0.05, 0) is 12.5 Å². The zero-order chi connectivity index (χ0) is 21.1. The first-order valence-electron chi connectivity index (χ1n) is 8.60. The van der Waals surface area contributed by atoms with E-state index in [0.29, 0.717) is 4.57 Å². The van der Waals surface area contributed by atoms with Gasteiger partial charge in [0.05, 0.1) is 17.3 Å². The summed E-state index contributed by atoms with van der Waals surface area (Å²) in [5.41, 5.74) is -4.62. The molecule has 0 fully saturated rings. The van der Waals surface area contributed by atoms with Gasteiger partial charge in [-0.1, -0.05) is 37.8 Å². The van der Waals surface area contributed by atoms with E-state index < -0.39 is 34.6 Å². The van der Waals surface area contributed by atoms with E-state index in [1.807, 2.05) is 6.92 Å². The molecular formula is C18H19ClF4N2O3. The van der Waals surface area contributed by atoms with Crippen LogP contribution in [0.25, 0.3) is 5.69 Å². The van der Waals surface area contributed by atoms with Crippen molar-refractivity contribution < 1.29 is 22.3 Å². The maximum absolute atomic E-state index is 14.4. The maximum atomic E-state index is 14.4. The quantitative estimate of drug-likeness (QED) is 0.493. The summed E-state index contributed by atoms with van der Waals surface area (Å²) < 4.78 is 59.2. The molecule has 10 heteroatoms.